The summed E-state index contributed by atoms with van der Waals surface area (Å²) < 4.78 is 0.937. The Labute approximate surface area is 96.0 Å². The van der Waals surface area contributed by atoms with Crippen molar-refractivity contribution in [2.45, 2.75) is 6.54 Å². The molecule has 1 aromatic carbocycles. The quantitative estimate of drug-likeness (QED) is 0.869. The predicted octanol–water partition coefficient (Wildman–Crippen LogP) is 1.69. The van der Waals surface area contributed by atoms with Crippen molar-refractivity contribution in [1.29, 1.82) is 0 Å². The largest absolute Gasteiger partial charge is 0.383 e. The second-order valence-electron chi connectivity index (χ2n) is 3.19. The maximum absolute atomic E-state index is 5.86. The molecule has 5 heteroatoms. The van der Waals surface area contributed by atoms with E-state index in [-0.39, 0.29) is 0 Å². The Hall–Kier alpha value is -1.20. The van der Waals surface area contributed by atoms with Gasteiger partial charge in [-0.1, -0.05) is 6.07 Å². The predicted molar refractivity (Wildman–Crippen MR) is 64.4 cm³/mol. The third-order valence-corrected chi connectivity index (χ3v) is 2.73. The van der Waals surface area contributed by atoms with Crippen molar-refractivity contribution in [2.24, 2.45) is 0 Å². The second kappa shape index (κ2) is 4.12. The van der Waals surface area contributed by atoms with Crippen LogP contribution in [0.15, 0.2) is 22.7 Å². The molecule has 0 saturated heterocycles. The number of nitrogens with one attached hydrogen (secondary N) is 1. The van der Waals surface area contributed by atoms with Gasteiger partial charge in [0.2, 0.25) is 0 Å². The molecule has 0 atom stereocenters. The number of anilines is 1. The SMILES string of the molecule is CNCc1nc(N)c2cccc(Br)c2n1. The van der Waals surface area contributed by atoms with E-state index in [2.05, 4.69) is 31.2 Å². The van der Waals surface area contributed by atoms with E-state index in [1.165, 1.54) is 0 Å². The zero-order chi connectivity index (χ0) is 10.8. The Bertz CT molecular complexity index is 498. The average molecular weight is 267 g/mol. The van der Waals surface area contributed by atoms with Gasteiger partial charge in [0.15, 0.2) is 0 Å². The number of nitrogens with zero attached hydrogens (tertiary/aromatic N) is 2. The van der Waals surface area contributed by atoms with Crippen molar-refractivity contribution in [3.05, 3.63) is 28.5 Å². The highest BCUT2D eigenvalue weighted by molar-refractivity contribution is 9.10. The van der Waals surface area contributed by atoms with Crippen molar-refractivity contribution in [3.8, 4) is 0 Å². The summed E-state index contributed by atoms with van der Waals surface area (Å²) in [4.78, 5) is 8.64. The van der Waals surface area contributed by atoms with Crippen LogP contribution < -0.4 is 11.1 Å². The summed E-state index contributed by atoms with van der Waals surface area (Å²) in [6.07, 6.45) is 0. The Kier molecular flexibility index (Phi) is 2.83. The minimum atomic E-state index is 0.520. The summed E-state index contributed by atoms with van der Waals surface area (Å²) in [5.41, 5.74) is 6.71. The molecule has 4 nitrogen and oxygen atoms in total. The molecular formula is C10H11BrN4. The van der Waals surface area contributed by atoms with Gasteiger partial charge in [0.05, 0.1) is 12.1 Å². The molecule has 0 saturated carbocycles. The molecule has 0 aliphatic heterocycles. The topological polar surface area (TPSA) is 63.8 Å². The van der Waals surface area contributed by atoms with Gasteiger partial charge in [0.25, 0.3) is 0 Å². The number of para-hydroxylation sites is 1. The number of fused-ring (bicyclic) bond motifs is 1. The summed E-state index contributed by atoms with van der Waals surface area (Å²) >= 11 is 3.45. The number of nitrogen functional groups attached to an aromatic ring is 1. The van der Waals surface area contributed by atoms with Gasteiger partial charge >= 0.3 is 0 Å². The molecule has 0 aliphatic rings. The van der Waals surface area contributed by atoms with Gasteiger partial charge in [-0.15, -0.1) is 0 Å². The molecule has 0 spiro atoms. The zero-order valence-electron chi connectivity index (χ0n) is 8.29. The normalized spacial score (nSPS) is 10.8. The van der Waals surface area contributed by atoms with Crippen LogP contribution in [0.2, 0.25) is 0 Å². The van der Waals surface area contributed by atoms with Crippen molar-refractivity contribution in [1.82, 2.24) is 15.3 Å². The molecule has 78 valence electrons. The average Bonchev–Trinajstić information content (AvgIpc) is 2.20. The van der Waals surface area contributed by atoms with Crippen LogP contribution in [-0.2, 0) is 6.54 Å². The second-order valence-corrected chi connectivity index (χ2v) is 4.05. The Balaban J connectivity index is 2.68. The first kappa shape index (κ1) is 10.3. The molecule has 0 radical (unpaired) electrons. The minimum absolute atomic E-state index is 0.520. The Morgan fingerprint density at radius 1 is 1.40 bits per heavy atom. The molecule has 0 fully saturated rings. The third kappa shape index (κ3) is 1.93. The molecule has 2 aromatic rings. The van der Waals surface area contributed by atoms with Gasteiger partial charge in [-0.3, -0.25) is 0 Å². The zero-order valence-corrected chi connectivity index (χ0v) is 9.87. The summed E-state index contributed by atoms with van der Waals surface area (Å²) in [7, 11) is 1.85. The van der Waals surface area contributed by atoms with E-state index in [1.807, 2.05) is 25.2 Å². The highest BCUT2D eigenvalue weighted by atomic mass is 79.9. The van der Waals surface area contributed by atoms with Gasteiger partial charge in [-0.05, 0) is 35.1 Å². The lowest BCUT2D eigenvalue weighted by Crippen LogP contribution is -2.10. The molecule has 3 N–H and O–H groups in total. The maximum atomic E-state index is 5.86. The van der Waals surface area contributed by atoms with Crippen molar-refractivity contribution < 1.29 is 0 Å². The molecule has 15 heavy (non-hydrogen) atoms. The molecule has 2 rings (SSSR count). The minimum Gasteiger partial charge on any atom is -0.383 e. The first-order chi connectivity index (χ1) is 7.22. The fourth-order valence-corrected chi connectivity index (χ4v) is 1.88. The highest BCUT2D eigenvalue weighted by Gasteiger charge is 2.06. The van der Waals surface area contributed by atoms with E-state index in [4.69, 9.17) is 5.73 Å². The summed E-state index contributed by atoms with van der Waals surface area (Å²) in [6, 6.07) is 5.78. The number of halogens is 1. The van der Waals surface area contributed by atoms with Gasteiger partial charge in [0.1, 0.15) is 11.6 Å². The number of nitrogens with two attached hydrogens (primary N) is 1. The van der Waals surface area contributed by atoms with Gasteiger partial charge in [0, 0.05) is 9.86 Å². The van der Waals surface area contributed by atoms with Gasteiger partial charge in [-0.25, -0.2) is 9.97 Å². The van der Waals surface area contributed by atoms with E-state index >= 15 is 0 Å². The molecule has 0 unspecified atom stereocenters. The van der Waals surface area contributed by atoms with Crippen LogP contribution in [0, 0.1) is 0 Å². The van der Waals surface area contributed by atoms with E-state index in [0.717, 1.165) is 15.4 Å². The van der Waals surface area contributed by atoms with E-state index in [9.17, 15) is 0 Å². The van der Waals surface area contributed by atoms with Gasteiger partial charge in [-0.2, -0.15) is 0 Å². The van der Waals surface area contributed by atoms with Crippen LogP contribution >= 0.6 is 15.9 Å². The van der Waals surface area contributed by atoms with E-state index < -0.39 is 0 Å². The van der Waals surface area contributed by atoms with Crippen molar-refractivity contribution in [3.63, 3.8) is 0 Å². The number of hydrogen-bond acceptors (Lipinski definition) is 4. The van der Waals surface area contributed by atoms with Gasteiger partial charge < -0.3 is 11.1 Å². The number of rotatable bonds is 2. The van der Waals surface area contributed by atoms with Crippen molar-refractivity contribution in [2.75, 3.05) is 12.8 Å². The fourth-order valence-electron chi connectivity index (χ4n) is 1.43. The van der Waals surface area contributed by atoms with E-state index in [0.29, 0.717) is 18.2 Å². The first-order valence-corrected chi connectivity index (χ1v) is 5.37. The van der Waals surface area contributed by atoms with Crippen LogP contribution in [0.1, 0.15) is 5.82 Å². The lowest BCUT2D eigenvalue weighted by Gasteiger charge is -2.05. The van der Waals surface area contributed by atoms with Crippen molar-refractivity contribution >= 4 is 32.7 Å². The van der Waals surface area contributed by atoms with Crippen LogP contribution in [0.25, 0.3) is 10.9 Å². The highest BCUT2D eigenvalue weighted by Crippen LogP contribution is 2.24. The lowest BCUT2D eigenvalue weighted by atomic mass is 10.2. The number of hydrogen-bond donors (Lipinski definition) is 2. The number of benzene rings is 1. The summed E-state index contributed by atoms with van der Waals surface area (Å²) in [5, 5.41) is 3.88. The maximum Gasteiger partial charge on any atom is 0.145 e. The number of aromatic nitrogens is 2. The summed E-state index contributed by atoms with van der Waals surface area (Å²) in [6.45, 7) is 0.613. The van der Waals surface area contributed by atoms with Crippen LogP contribution in [0.3, 0.4) is 0 Å². The fraction of sp³-hybridized carbons (Fsp3) is 0.200. The van der Waals surface area contributed by atoms with Crippen LogP contribution in [0.4, 0.5) is 5.82 Å². The standard InChI is InChI=1S/C10H11BrN4/c1-13-5-8-14-9-6(10(12)15-8)3-2-4-7(9)11/h2-4,13H,5H2,1H3,(H2,12,14,15). The molecular weight excluding hydrogens is 256 g/mol. The lowest BCUT2D eigenvalue weighted by molar-refractivity contribution is 0.766. The summed E-state index contributed by atoms with van der Waals surface area (Å²) in [5.74, 6) is 1.22. The monoisotopic (exact) mass is 266 g/mol. The first-order valence-electron chi connectivity index (χ1n) is 4.57. The van der Waals surface area contributed by atoms with E-state index in [1.54, 1.807) is 0 Å². The molecule has 0 bridgehead atoms. The Morgan fingerprint density at radius 2 is 2.20 bits per heavy atom. The van der Waals surface area contributed by atoms with Crippen LogP contribution in [-0.4, -0.2) is 17.0 Å². The molecule has 1 aromatic heterocycles. The molecule has 0 amide bonds. The molecule has 0 aliphatic carbocycles. The Morgan fingerprint density at radius 3 is 2.93 bits per heavy atom. The van der Waals surface area contributed by atoms with Crippen LogP contribution in [0.5, 0.6) is 0 Å². The third-order valence-electron chi connectivity index (χ3n) is 2.09. The molecule has 1 heterocycles. The smallest absolute Gasteiger partial charge is 0.145 e.